The van der Waals surface area contributed by atoms with Crippen molar-refractivity contribution >= 4 is 5.84 Å². The lowest BCUT2D eigenvalue weighted by Gasteiger charge is -2.31. The van der Waals surface area contributed by atoms with E-state index >= 15 is 0 Å². The van der Waals surface area contributed by atoms with E-state index < -0.39 is 0 Å². The molecule has 16 heavy (non-hydrogen) atoms. The number of amidine groups is 1. The molecule has 0 radical (unpaired) electrons. The Hall–Kier alpha value is -1.31. The van der Waals surface area contributed by atoms with Gasteiger partial charge in [-0.2, -0.15) is 0 Å². The van der Waals surface area contributed by atoms with Crippen LogP contribution in [0.1, 0.15) is 24.0 Å². The zero-order chi connectivity index (χ0) is 11.0. The van der Waals surface area contributed by atoms with Gasteiger partial charge >= 0.3 is 0 Å². The highest BCUT2D eigenvalue weighted by Gasteiger charge is 2.32. The molecule has 2 aliphatic heterocycles. The van der Waals surface area contributed by atoms with Gasteiger partial charge in [0.25, 0.3) is 5.84 Å². The minimum absolute atomic E-state index is 1.24. The van der Waals surface area contributed by atoms with E-state index in [0.717, 1.165) is 0 Å². The predicted octanol–water partition coefficient (Wildman–Crippen LogP) is 1.86. The van der Waals surface area contributed by atoms with Crippen molar-refractivity contribution in [3.05, 3.63) is 35.4 Å². The molecule has 0 bridgehead atoms. The monoisotopic (exact) mass is 215 g/mol. The molecule has 2 aliphatic rings. The van der Waals surface area contributed by atoms with Crippen molar-refractivity contribution in [1.29, 1.82) is 0 Å². The highest BCUT2D eigenvalue weighted by Crippen LogP contribution is 2.17. The summed E-state index contributed by atoms with van der Waals surface area (Å²) in [5.41, 5.74) is 2.76. The highest BCUT2D eigenvalue weighted by atomic mass is 15.3. The van der Waals surface area contributed by atoms with Gasteiger partial charge < -0.3 is 0 Å². The molecule has 0 saturated carbocycles. The van der Waals surface area contributed by atoms with E-state index in [1.165, 1.54) is 56.0 Å². The van der Waals surface area contributed by atoms with Crippen LogP contribution >= 0.6 is 0 Å². The molecule has 1 aromatic carbocycles. The number of likely N-dealkylation sites (tertiary alicyclic amines) is 1. The van der Waals surface area contributed by atoms with Gasteiger partial charge in [-0.15, -0.1) is 0 Å². The fraction of sp³-hybridized carbons (Fsp3) is 0.500. The van der Waals surface area contributed by atoms with E-state index in [0.29, 0.717) is 0 Å². The summed E-state index contributed by atoms with van der Waals surface area (Å²) in [6.45, 7) is 7.12. The Labute approximate surface area is 97.2 Å². The third-order valence-corrected chi connectivity index (χ3v) is 3.59. The number of aryl methyl sites for hydroxylation is 1. The summed E-state index contributed by atoms with van der Waals surface area (Å²) in [4.78, 5) is 2.52. The van der Waals surface area contributed by atoms with Gasteiger partial charge in [0, 0.05) is 12.8 Å². The van der Waals surface area contributed by atoms with E-state index in [1.807, 2.05) is 0 Å². The second-order valence-electron chi connectivity index (χ2n) is 4.87. The number of benzene rings is 1. The first kappa shape index (κ1) is 9.88. The third-order valence-electron chi connectivity index (χ3n) is 3.59. The fourth-order valence-electron chi connectivity index (χ4n) is 2.41. The van der Waals surface area contributed by atoms with Gasteiger partial charge in [-0.3, -0.25) is 9.48 Å². The summed E-state index contributed by atoms with van der Waals surface area (Å²) in [6, 6.07) is 8.91. The molecule has 0 aliphatic carbocycles. The number of hydrogen-bond acceptors (Lipinski definition) is 0. The maximum atomic E-state index is 2.52. The van der Waals surface area contributed by atoms with Gasteiger partial charge in [-0.05, 0) is 19.1 Å². The summed E-state index contributed by atoms with van der Waals surface area (Å²) in [6.07, 6.45) is 2.70. The third kappa shape index (κ3) is 1.62. The smallest absolute Gasteiger partial charge is 0.261 e. The van der Waals surface area contributed by atoms with E-state index in [1.54, 1.807) is 0 Å². The molecule has 1 aromatic rings. The van der Waals surface area contributed by atoms with Crippen LogP contribution in [0.3, 0.4) is 0 Å². The second kappa shape index (κ2) is 3.93. The summed E-state index contributed by atoms with van der Waals surface area (Å²) >= 11 is 0. The van der Waals surface area contributed by atoms with Crippen molar-refractivity contribution in [3.63, 3.8) is 0 Å². The van der Waals surface area contributed by atoms with E-state index in [4.69, 9.17) is 0 Å². The van der Waals surface area contributed by atoms with Gasteiger partial charge in [0.2, 0.25) is 0 Å². The normalized spacial score (nSPS) is 19.1. The van der Waals surface area contributed by atoms with Crippen LogP contribution in [0.25, 0.3) is 0 Å². The number of hydrogen-bond donors (Lipinski definition) is 0. The lowest BCUT2D eigenvalue weighted by Crippen LogP contribution is -2.49. The first-order chi connectivity index (χ1) is 7.84. The van der Waals surface area contributed by atoms with Crippen LogP contribution in [0.15, 0.2) is 24.3 Å². The number of rotatable bonds is 1. The van der Waals surface area contributed by atoms with E-state index in [-0.39, 0.29) is 0 Å². The predicted molar refractivity (Wildman–Crippen MR) is 66.1 cm³/mol. The summed E-state index contributed by atoms with van der Waals surface area (Å²) < 4.78 is 2.52. The summed E-state index contributed by atoms with van der Waals surface area (Å²) in [7, 11) is 0. The Kier molecular flexibility index (Phi) is 2.43. The van der Waals surface area contributed by atoms with Crippen molar-refractivity contribution in [2.24, 2.45) is 0 Å². The Morgan fingerprint density at radius 2 is 2.00 bits per heavy atom. The van der Waals surface area contributed by atoms with Crippen molar-refractivity contribution < 1.29 is 4.58 Å². The second-order valence-corrected chi connectivity index (χ2v) is 4.87. The molecule has 0 amide bonds. The van der Waals surface area contributed by atoms with Crippen LogP contribution in [-0.2, 0) is 0 Å². The van der Waals surface area contributed by atoms with Crippen molar-refractivity contribution in [3.8, 4) is 0 Å². The number of nitrogens with zero attached hydrogens (tertiary/aromatic N) is 2. The molecule has 0 unspecified atom stereocenters. The molecule has 2 nitrogen and oxygen atoms in total. The van der Waals surface area contributed by atoms with E-state index in [2.05, 4.69) is 40.7 Å². The van der Waals surface area contributed by atoms with Crippen LogP contribution in [0, 0.1) is 6.92 Å². The quantitative estimate of drug-likeness (QED) is 0.512. The van der Waals surface area contributed by atoms with Crippen molar-refractivity contribution in [2.45, 2.75) is 19.8 Å². The van der Waals surface area contributed by atoms with Crippen LogP contribution in [0.2, 0.25) is 0 Å². The fourth-order valence-corrected chi connectivity index (χ4v) is 2.41. The molecule has 2 saturated heterocycles. The molecular weight excluding hydrogens is 196 g/mol. The molecule has 0 N–H and O–H groups in total. The van der Waals surface area contributed by atoms with E-state index in [9.17, 15) is 0 Å². The Morgan fingerprint density at radius 3 is 2.50 bits per heavy atom. The lowest BCUT2D eigenvalue weighted by molar-refractivity contribution is -0.587. The molecule has 2 heteroatoms. The zero-order valence-electron chi connectivity index (χ0n) is 9.95. The molecule has 0 atom stereocenters. The first-order valence-corrected chi connectivity index (χ1v) is 6.28. The van der Waals surface area contributed by atoms with Crippen LogP contribution < -0.4 is 0 Å². The van der Waals surface area contributed by atoms with Gasteiger partial charge in [-0.1, -0.05) is 17.7 Å². The minimum atomic E-state index is 1.24. The van der Waals surface area contributed by atoms with Crippen LogP contribution in [0.4, 0.5) is 0 Å². The van der Waals surface area contributed by atoms with Crippen molar-refractivity contribution in [2.75, 3.05) is 26.2 Å². The Morgan fingerprint density at radius 1 is 1.19 bits per heavy atom. The Bertz CT molecular complexity index is 424. The summed E-state index contributed by atoms with van der Waals surface area (Å²) in [5, 5.41) is 0. The summed E-state index contributed by atoms with van der Waals surface area (Å²) in [5.74, 6) is 1.47. The standard InChI is InChI=1S/C14H19N2/c1-12-5-2-6-13(11-12)14(15-7-3-8-15)16-9-4-10-16/h2,5-6,11H,3-4,7-10H2,1H3/q+1. The van der Waals surface area contributed by atoms with Gasteiger partial charge in [-0.25, -0.2) is 0 Å². The molecular formula is C14H19N2+. The molecule has 2 fully saturated rings. The topological polar surface area (TPSA) is 6.25 Å². The van der Waals surface area contributed by atoms with Crippen molar-refractivity contribution in [1.82, 2.24) is 4.90 Å². The zero-order valence-corrected chi connectivity index (χ0v) is 9.95. The first-order valence-electron chi connectivity index (χ1n) is 6.28. The molecule has 84 valence electrons. The van der Waals surface area contributed by atoms with Gasteiger partial charge in [0.05, 0.1) is 31.7 Å². The lowest BCUT2D eigenvalue weighted by atomic mass is 10.1. The highest BCUT2D eigenvalue weighted by molar-refractivity contribution is 5.95. The van der Waals surface area contributed by atoms with Gasteiger partial charge in [0.15, 0.2) is 0 Å². The average Bonchev–Trinajstić information content (AvgIpc) is 2.11. The van der Waals surface area contributed by atoms with Gasteiger partial charge in [0.1, 0.15) is 0 Å². The minimum Gasteiger partial charge on any atom is -0.261 e. The van der Waals surface area contributed by atoms with Crippen LogP contribution in [0.5, 0.6) is 0 Å². The van der Waals surface area contributed by atoms with Crippen LogP contribution in [-0.4, -0.2) is 41.5 Å². The molecule has 0 aromatic heterocycles. The SMILES string of the molecule is Cc1cccc(C(N2CCC2)=[N+]2CCC2)c1. The maximum absolute atomic E-state index is 2.52. The average molecular weight is 215 g/mol. The molecule has 0 spiro atoms. The Balaban J connectivity index is 1.99. The molecule has 2 heterocycles. The largest absolute Gasteiger partial charge is 0.279 e. The molecule has 3 rings (SSSR count). The maximum Gasteiger partial charge on any atom is 0.279 e.